The van der Waals surface area contributed by atoms with E-state index < -0.39 is 11.6 Å². The van der Waals surface area contributed by atoms with E-state index in [2.05, 4.69) is 5.32 Å². The van der Waals surface area contributed by atoms with Gasteiger partial charge in [0.25, 0.3) is 0 Å². The van der Waals surface area contributed by atoms with Gasteiger partial charge in [0.05, 0.1) is 18.8 Å². The maximum atomic E-state index is 11.7. The van der Waals surface area contributed by atoms with Crippen LogP contribution in [0.25, 0.3) is 0 Å². The van der Waals surface area contributed by atoms with Crippen molar-refractivity contribution in [3.05, 3.63) is 0 Å². The minimum atomic E-state index is -0.914. The first-order chi connectivity index (χ1) is 7.17. The third-order valence-electron chi connectivity index (χ3n) is 2.89. The fourth-order valence-electron chi connectivity index (χ4n) is 1.57. The minimum absolute atomic E-state index is 0.238. The molecule has 3 N–H and O–H groups in total. The van der Waals surface area contributed by atoms with E-state index in [9.17, 15) is 4.79 Å². The SMILES string of the molecule is CCC(CO)(CO)NC(=O)[C@@H]1CCCO1. The van der Waals surface area contributed by atoms with Crippen molar-refractivity contribution in [1.29, 1.82) is 0 Å². The Kier molecular flexibility index (Phi) is 4.50. The Bertz CT molecular complexity index is 201. The maximum Gasteiger partial charge on any atom is 0.249 e. The Labute approximate surface area is 89.4 Å². The average molecular weight is 217 g/mol. The molecular weight excluding hydrogens is 198 g/mol. The summed E-state index contributed by atoms with van der Waals surface area (Å²) in [5, 5.41) is 21.0. The summed E-state index contributed by atoms with van der Waals surface area (Å²) in [6.45, 7) is 1.88. The van der Waals surface area contributed by atoms with E-state index in [0.29, 0.717) is 19.4 Å². The normalized spacial score (nSPS) is 21.7. The molecule has 0 saturated carbocycles. The molecule has 1 aliphatic rings. The molecule has 0 bridgehead atoms. The smallest absolute Gasteiger partial charge is 0.249 e. The molecule has 1 aliphatic heterocycles. The van der Waals surface area contributed by atoms with E-state index in [1.54, 1.807) is 0 Å². The van der Waals surface area contributed by atoms with Crippen molar-refractivity contribution in [3.63, 3.8) is 0 Å². The monoisotopic (exact) mass is 217 g/mol. The first kappa shape index (κ1) is 12.4. The van der Waals surface area contributed by atoms with E-state index in [-0.39, 0.29) is 19.1 Å². The number of aliphatic hydroxyl groups excluding tert-OH is 2. The topological polar surface area (TPSA) is 78.8 Å². The molecule has 1 heterocycles. The minimum Gasteiger partial charge on any atom is -0.394 e. The van der Waals surface area contributed by atoms with Crippen LogP contribution in [0.2, 0.25) is 0 Å². The second kappa shape index (κ2) is 5.44. The fourth-order valence-corrected chi connectivity index (χ4v) is 1.57. The van der Waals surface area contributed by atoms with Crippen molar-refractivity contribution >= 4 is 5.91 Å². The van der Waals surface area contributed by atoms with Gasteiger partial charge in [-0.25, -0.2) is 0 Å². The van der Waals surface area contributed by atoms with Gasteiger partial charge in [-0.15, -0.1) is 0 Å². The third-order valence-corrected chi connectivity index (χ3v) is 2.89. The summed E-state index contributed by atoms with van der Waals surface area (Å²) in [7, 11) is 0. The van der Waals surface area contributed by atoms with Crippen LogP contribution in [0, 0.1) is 0 Å². The van der Waals surface area contributed by atoms with Crippen LogP contribution in [0.3, 0.4) is 0 Å². The van der Waals surface area contributed by atoms with Crippen LogP contribution in [0.4, 0.5) is 0 Å². The summed E-state index contributed by atoms with van der Waals surface area (Å²) in [6, 6.07) is 0. The molecule has 1 fully saturated rings. The molecule has 0 aliphatic carbocycles. The van der Waals surface area contributed by atoms with Crippen molar-refractivity contribution in [3.8, 4) is 0 Å². The summed E-state index contributed by atoms with van der Waals surface area (Å²) in [4.78, 5) is 11.7. The lowest BCUT2D eigenvalue weighted by Gasteiger charge is -2.30. The van der Waals surface area contributed by atoms with E-state index in [4.69, 9.17) is 14.9 Å². The summed E-state index contributed by atoms with van der Waals surface area (Å²) >= 11 is 0. The Morgan fingerprint density at radius 2 is 2.20 bits per heavy atom. The molecule has 5 heteroatoms. The van der Waals surface area contributed by atoms with Gasteiger partial charge >= 0.3 is 0 Å². The molecule has 1 saturated heterocycles. The molecule has 1 atom stereocenters. The van der Waals surface area contributed by atoms with Gasteiger partial charge < -0.3 is 20.3 Å². The van der Waals surface area contributed by atoms with Crippen LogP contribution in [-0.4, -0.2) is 47.6 Å². The molecule has 0 aromatic rings. The van der Waals surface area contributed by atoms with Crippen molar-refractivity contribution in [2.24, 2.45) is 0 Å². The number of hydrogen-bond donors (Lipinski definition) is 3. The zero-order chi connectivity index (χ0) is 11.3. The Balaban J connectivity index is 2.53. The zero-order valence-electron chi connectivity index (χ0n) is 9.03. The van der Waals surface area contributed by atoms with Crippen LogP contribution in [-0.2, 0) is 9.53 Å². The van der Waals surface area contributed by atoms with Crippen molar-refractivity contribution in [2.75, 3.05) is 19.8 Å². The Morgan fingerprint density at radius 1 is 1.53 bits per heavy atom. The molecule has 88 valence electrons. The third kappa shape index (κ3) is 2.90. The Hall–Kier alpha value is -0.650. The van der Waals surface area contributed by atoms with Gasteiger partial charge in [-0.2, -0.15) is 0 Å². The number of ether oxygens (including phenoxy) is 1. The highest BCUT2D eigenvalue weighted by Crippen LogP contribution is 2.15. The number of rotatable bonds is 5. The standard InChI is InChI=1S/C10H19NO4/c1-2-10(6-12,7-13)11-9(14)8-4-3-5-15-8/h8,12-13H,2-7H2,1H3,(H,11,14)/t8-/m0/s1. The van der Waals surface area contributed by atoms with Gasteiger partial charge in [0.15, 0.2) is 0 Å². The predicted octanol–water partition coefficient (Wildman–Crippen LogP) is -0.585. The molecule has 0 aromatic carbocycles. The van der Waals surface area contributed by atoms with Crippen molar-refractivity contribution < 1.29 is 19.7 Å². The molecule has 0 aromatic heterocycles. The molecule has 0 spiro atoms. The summed E-state index contributed by atoms with van der Waals surface area (Å²) in [5.41, 5.74) is -0.914. The second-order valence-electron chi connectivity index (χ2n) is 3.94. The summed E-state index contributed by atoms with van der Waals surface area (Å²) < 4.78 is 5.22. The molecule has 0 radical (unpaired) electrons. The highest BCUT2D eigenvalue weighted by Gasteiger charge is 2.33. The van der Waals surface area contributed by atoms with E-state index in [1.165, 1.54) is 0 Å². The average Bonchev–Trinajstić information content (AvgIpc) is 2.79. The van der Waals surface area contributed by atoms with Crippen LogP contribution in [0.15, 0.2) is 0 Å². The Morgan fingerprint density at radius 3 is 2.60 bits per heavy atom. The molecule has 5 nitrogen and oxygen atoms in total. The van der Waals surface area contributed by atoms with Crippen molar-refractivity contribution in [1.82, 2.24) is 5.32 Å². The van der Waals surface area contributed by atoms with Crippen LogP contribution in [0.5, 0.6) is 0 Å². The fraction of sp³-hybridized carbons (Fsp3) is 0.900. The van der Waals surface area contributed by atoms with Crippen LogP contribution >= 0.6 is 0 Å². The first-order valence-electron chi connectivity index (χ1n) is 5.33. The quantitative estimate of drug-likeness (QED) is 0.575. The van der Waals surface area contributed by atoms with Gasteiger partial charge in [-0.3, -0.25) is 4.79 Å². The van der Waals surface area contributed by atoms with Gasteiger partial charge in [-0.05, 0) is 19.3 Å². The molecular formula is C10H19NO4. The molecule has 15 heavy (non-hydrogen) atoms. The number of amides is 1. The lowest BCUT2D eigenvalue weighted by molar-refractivity contribution is -0.133. The van der Waals surface area contributed by atoms with Gasteiger partial charge in [-0.1, -0.05) is 6.92 Å². The van der Waals surface area contributed by atoms with Gasteiger partial charge in [0.2, 0.25) is 5.91 Å². The van der Waals surface area contributed by atoms with Crippen LogP contribution < -0.4 is 5.32 Å². The number of carbonyl (C=O) groups excluding carboxylic acids is 1. The maximum absolute atomic E-state index is 11.7. The molecule has 1 rings (SSSR count). The highest BCUT2D eigenvalue weighted by molar-refractivity contribution is 5.81. The number of nitrogens with one attached hydrogen (secondary N) is 1. The lowest BCUT2D eigenvalue weighted by atomic mass is 9.98. The molecule has 1 amide bonds. The zero-order valence-corrected chi connectivity index (χ0v) is 9.03. The van der Waals surface area contributed by atoms with Crippen molar-refractivity contribution in [2.45, 2.75) is 37.8 Å². The van der Waals surface area contributed by atoms with E-state index >= 15 is 0 Å². The van der Waals surface area contributed by atoms with Gasteiger partial charge in [0.1, 0.15) is 6.10 Å². The first-order valence-corrected chi connectivity index (χ1v) is 5.33. The van der Waals surface area contributed by atoms with E-state index in [1.807, 2.05) is 6.92 Å². The number of aliphatic hydroxyl groups is 2. The number of hydrogen-bond acceptors (Lipinski definition) is 4. The summed E-state index contributed by atoms with van der Waals surface area (Å²) in [6.07, 6.45) is 1.66. The second-order valence-corrected chi connectivity index (χ2v) is 3.94. The predicted molar refractivity (Wildman–Crippen MR) is 54.3 cm³/mol. The van der Waals surface area contributed by atoms with Gasteiger partial charge in [0, 0.05) is 6.61 Å². The molecule has 0 unspecified atom stereocenters. The summed E-state index contributed by atoms with van der Waals surface area (Å²) in [5.74, 6) is -0.238. The number of carbonyl (C=O) groups is 1. The highest BCUT2D eigenvalue weighted by atomic mass is 16.5. The lowest BCUT2D eigenvalue weighted by Crippen LogP contribution is -2.56. The van der Waals surface area contributed by atoms with Crippen LogP contribution in [0.1, 0.15) is 26.2 Å². The largest absolute Gasteiger partial charge is 0.394 e. The van der Waals surface area contributed by atoms with E-state index in [0.717, 1.165) is 6.42 Å².